The van der Waals surface area contributed by atoms with Crippen molar-refractivity contribution in [3.8, 4) is 0 Å². The van der Waals surface area contributed by atoms with E-state index in [-0.39, 0.29) is 17.4 Å². The molecule has 0 unspecified atom stereocenters. The number of carbonyl (C=O) groups is 2. The summed E-state index contributed by atoms with van der Waals surface area (Å²) in [6.45, 7) is 6.20. The highest BCUT2D eigenvalue weighted by atomic mass is 16.4. The maximum Gasteiger partial charge on any atom is 0.308 e. The molecular formula is C12H21NO3. The first-order chi connectivity index (χ1) is 7.22. The van der Waals surface area contributed by atoms with Crippen LogP contribution < -0.4 is 0 Å². The number of likely N-dealkylation sites (tertiary alicyclic amines) is 1. The van der Waals surface area contributed by atoms with Crippen LogP contribution in [-0.2, 0) is 9.59 Å². The fraction of sp³-hybridized carbons (Fsp3) is 0.833. The fourth-order valence-corrected chi connectivity index (χ4v) is 2.30. The third kappa shape index (κ3) is 2.97. The van der Waals surface area contributed by atoms with E-state index in [0.717, 1.165) is 6.42 Å². The Morgan fingerprint density at radius 1 is 1.50 bits per heavy atom. The maximum atomic E-state index is 11.6. The van der Waals surface area contributed by atoms with E-state index in [2.05, 4.69) is 20.8 Å². The third-order valence-corrected chi connectivity index (χ3v) is 3.16. The van der Waals surface area contributed by atoms with E-state index in [4.69, 9.17) is 0 Å². The summed E-state index contributed by atoms with van der Waals surface area (Å²) in [5, 5.41) is 9.17. The van der Waals surface area contributed by atoms with Crippen LogP contribution in [0.3, 0.4) is 0 Å². The zero-order valence-electron chi connectivity index (χ0n) is 10.5. The SMILES string of the molecule is CN1C(=O)CC[C@H](C(=O)O)[C@H]1CC(C)(C)C. The summed E-state index contributed by atoms with van der Waals surface area (Å²) < 4.78 is 0. The minimum atomic E-state index is -0.784. The minimum Gasteiger partial charge on any atom is -0.481 e. The van der Waals surface area contributed by atoms with Gasteiger partial charge in [0.25, 0.3) is 0 Å². The number of carboxylic acids is 1. The van der Waals surface area contributed by atoms with E-state index < -0.39 is 11.9 Å². The molecule has 4 nitrogen and oxygen atoms in total. The van der Waals surface area contributed by atoms with Gasteiger partial charge in [-0.1, -0.05) is 20.8 Å². The first kappa shape index (κ1) is 13.0. The van der Waals surface area contributed by atoms with Gasteiger partial charge in [0.15, 0.2) is 0 Å². The summed E-state index contributed by atoms with van der Waals surface area (Å²) in [4.78, 5) is 24.4. The number of hydrogen-bond acceptors (Lipinski definition) is 2. The molecular weight excluding hydrogens is 206 g/mol. The van der Waals surface area contributed by atoms with Gasteiger partial charge in [-0.15, -0.1) is 0 Å². The molecule has 0 aromatic carbocycles. The van der Waals surface area contributed by atoms with Crippen LogP contribution in [-0.4, -0.2) is 35.0 Å². The number of aliphatic carboxylic acids is 1. The van der Waals surface area contributed by atoms with Crippen LogP contribution in [0.2, 0.25) is 0 Å². The molecule has 0 aliphatic carbocycles. The average molecular weight is 227 g/mol. The van der Waals surface area contributed by atoms with E-state index >= 15 is 0 Å². The van der Waals surface area contributed by atoms with E-state index in [1.807, 2.05) is 0 Å². The van der Waals surface area contributed by atoms with E-state index in [1.54, 1.807) is 11.9 Å². The lowest BCUT2D eigenvalue weighted by Gasteiger charge is -2.40. The van der Waals surface area contributed by atoms with Gasteiger partial charge in [-0.05, 0) is 18.3 Å². The van der Waals surface area contributed by atoms with Crippen molar-refractivity contribution in [2.24, 2.45) is 11.3 Å². The van der Waals surface area contributed by atoms with Crippen molar-refractivity contribution >= 4 is 11.9 Å². The number of piperidine rings is 1. The van der Waals surface area contributed by atoms with Gasteiger partial charge in [-0.25, -0.2) is 0 Å². The summed E-state index contributed by atoms with van der Waals surface area (Å²) in [6, 6.07) is -0.168. The lowest BCUT2D eigenvalue weighted by molar-refractivity contribution is -0.151. The molecule has 2 atom stereocenters. The van der Waals surface area contributed by atoms with E-state index in [9.17, 15) is 14.7 Å². The lowest BCUT2D eigenvalue weighted by Crippen LogP contribution is -2.50. The van der Waals surface area contributed by atoms with Crippen molar-refractivity contribution in [1.82, 2.24) is 4.90 Å². The van der Waals surface area contributed by atoms with Gasteiger partial charge in [0.1, 0.15) is 0 Å². The molecule has 0 aromatic heterocycles. The number of carbonyl (C=O) groups excluding carboxylic acids is 1. The van der Waals surface area contributed by atoms with Gasteiger partial charge in [0.2, 0.25) is 5.91 Å². The lowest BCUT2D eigenvalue weighted by atomic mass is 9.79. The third-order valence-electron chi connectivity index (χ3n) is 3.16. The van der Waals surface area contributed by atoms with Gasteiger partial charge < -0.3 is 10.0 Å². The van der Waals surface area contributed by atoms with E-state index in [1.165, 1.54) is 0 Å². The van der Waals surface area contributed by atoms with Gasteiger partial charge in [-0.2, -0.15) is 0 Å². The van der Waals surface area contributed by atoms with Gasteiger partial charge in [0.05, 0.1) is 5.92 Å². The number of nitrogens with zero attached hydrogens (tertiary/aromatic N) is 1. The molecule has 1 aliphatic rings. The first-order valence-electron chi connectivity index (χ1n) is 5.71. The molecule has 0 aromatic rings. The maximum absolute atomic E-state index is 11.6. The predicted octanol–water partition coefficient (Wildman–Crippen LogP) is 1.74. The molecule has 1 amide bonds. The highest BCUT2D eigenvalue weighted by molar-refractivity contribution is 5.81. The van der Waals surface area contributed by atoms with Gasteiger partial charge in [-0.3, -0.25) is 9.59 Å². The molecule has 1 saturated heterocycles. The average Bonchev–Trinajstić information content (AvgIpc) is 2.10. The Labute approximate surface area is 96.6 Å². The Bertz CT molecular complexity index is 293. The Morgan fingerprint density at radius 2 is 2.06 bits per heavy atom. The van der Waals surface area contributed by atoms with Crippen molar-refractivity contribution in [3.05, 3.63) is 0 Å². The Balaban J connectivity index is 2.86. The zero-order valence-corrected chi connectivity index (χ0v) is 10.5. The molecule has 1 heterocycles. The number of carboxylic acid groups (broad SMARTS) is 1. The molecule has 0 saturated carbocycles. The van der Waals surface area contributed by atoms with Crippen LogP contribution >= 0.6 is 0 Å². The standard InChI is InChI=1S/C12H21NO3/c1-12(2,3)7-9-8(11(15)16)5-6-10(14)13(9)4/h8-9H,5-7H2,1-4H3,(H,15,16)/t8-,9+/m0/s1. The van der Waals surface area contributed by atoms with Gasteiger partial charge in [0, 0.05) is 19.5 Å². The minimum absolute atomic E-state index is 0.0320. The van der Waals surface area contributed by atoms with Crippen LogP contribution in [0, 0.1) is 11.3 Å². The Hall–Kier alpha value is -1.06. The number of hydrogen-bond donors (Lipinski definition) is 1. The van der Waals surface area contributed by atoms with Crippen LogP contribution in [0.15, 0.2) is 0 Å². The van der Waals surface area contributed by atoms with Crippen molar-refractivity contribution in [2.75, 3.05) is 7.05 Å². The molecule has 1 fully saturated rings. The second-order valence-electron chi connectivity index (χ2n) is 5.82. The molecule has 1 N–H and O–H groups in total. The molecule has 0 spiro atoms. The number of rotatable bonds is 2. The van der Waals surface area contributed by atoms with Crippen molar-refractivity contribution in [1.29, 1.82) is 0 Å². The highest BCUT2D eigenvalue weighted by Crippen LogP contribution is 2.32. The second-order valence-corrected chi connectivity index (χ2v) is 5.82. The molecule has 92 valence electrons. The molecule has 1 aliphatic heterocycles. The van der Waals surface area contributed by atoms with Crippen LogP contribution in [0.4, 0.5) is 0 Å². The summed E-state index contributed by atoms with van der Waals surface area (Å²) >= 11 is 0. The van der Waals surface area contributed by atoms with Crippen molar-refractivity contribution in [2.45, 2.75) is 46.1 Å². The quantitative estimate of drug-likeness (QED) is 0.781. The van der Waals surface area contributed by atoms with Crippen molar-refractivity contribution < 1.29 is 14.7 Å². The van der Waals surface area contributed by atoms with E-state index in [0.29, 0.717) is 12.8 Å². The largest absolute Gasteiger partial charge is 0.481 e. The zero-order chi connectivity index (χ0) is 12.5. The van der Waals surface area contributed by atoms with Crippen LogP contribution in [0.25, 0.3) is 0 Å². The van der Waals surface area contributed by atoms with Crippen LogP contribution in [0.5, 0.6) is 0 Å². The summed E-state index contributed by atoms with van der Waals surface area (Å²) in [6.07, 6.45) is 1.56. The molecule has 0 radical (unpaired) electrons. The van der Waals surface area contributed by atoms with Gasteiger partial charge >= 0.3 is 5.97 Å². The summed E-state index contributed by atoms with van der Waals surface area (Å²) in [5.41, 5.74) is 0.0320. The molecule has 1 rings (SSSR count). The Morgan fingerprint density at radius 3 is 2.50 bits per heavy atom. The van der Waals surface area contributed by atoms with Crippen molar-refractivity contribution in [3.63, 3.8) is 0 Å². The Kier molecular flexibility index (Phi) is 3.61. The van der Waals surface area contributed by atoms with Crippen LogP contribution in [0.1, 0.15) is 40.0 Å². The fourth-order valence-electron chi connectivity index (χ4n) is 2.30. The summed E-state index contributed by atoms with van der Waals surface area (Å²) in [7, 11) is 1.72. The first-order valence-corrected chi connectivity index (χ1v) is 5.71. The second kappa shape index (κ2) is 4.44. The number of amides is 1. The summed E-state index contributed by atoms with van der Waals surface area (Å²) in [5.74, 6) is -1.14. The predicted molar refractivity (Wildman–Crippen MR) is 61.0 cm³/mol. The monoisotopic (exact) mass is 227 g/mol. The highest BCUT2D eigenvalue weighted by Gasteiger charge is 2.39. The normalized spacial score (nSPS) is 27.0. The molecule has 16 heavy (non-hydrogen) atoms. The molecule has 0 bridgehead atoms. The molecule has 4 heteroatoms. The smallest absolute Gasteiger partial charge is 0.308 e. The topological polar surface area (TPSA) is 57.6 Å².